The standard InChI is InChI=1S/C19H23N3O3/c1-12-17(13(2)22(21-12)14-8-4-3-5-9-14)18(24)19(25)20-15-10-6-7-11-16(15)23/h3-5,8-9,15-16,23H,6-7,10-11H2,1-2H3,(H,20,25). The number of amides is 1. The maximum absolute atomic E-state index is 12.7. The first kappa shape index (κ1) is 17.4. The monoisotopic (exact) mass is 341 g/mol. The molecule has 1 aliphatic rings. The van der Waals surface area contributed by atoms with Crippen LogP contribution in [0.3, 0.4) is 0 Å². The van der Waals surface area contributed by atoms with Gasteiger partial charge in [0.15, 0.2) is 0 Å². The summed E-state index contributed by atoms with van der Waals surface area (Å²) in [6.07, 6.45) is 2.66. The molecule has 6 nitrogen and oxygen atoms in total. The van der Waals surface area contributed by atoms with Gasteiger partial charge in [-0.25, -0.2) is 4.68 Å². The van der Waals surface area contributed by atoms with Gasteiger partial charge in [-0.3, -0.25) is 9.59 Å². The van der Waals surface area contributed by atoms with Crippen molar-refractivity contribution in [1.82, 2.24) is 15.1 Å². The smallest absolute Gasteiger partial charge is 0.292 e. The fourth-order valence-corrected chi connectivity index (χ4v) is 3.42. The number of nitrogens with zero attached hydrogens (tertiary/aromatic N) is 2. The molecule has 0 radical (unpaired) electrons. The van der Waals surface area contributed by atoms with Gasteiger partial charge < -0.3 is 10.4 Å². The van der Waals surface area contributed by atoms with Crippen LogP contribution < -0.4 is 5.32 Å². The van der Waals surface area contributed by atoms with Crippen LogP contribution in [0.1, 0.15) is 47.4 Å². The Morgan fingerprint density at radius 3 is 2.52 bits per heavy atom. The van der Waals surface area contributed by atoms with Crippen LogP contribution in [0.4, 0.5) is 0 Å². The molecule has 6 heteroatoms. The van der Waals surface area contributed by atoms with E-state index < -0.39 is 17.8 Å². The summed E-state index contributed by atoms with van der Waals surface area (Å²) in [5.74, 6) is -1.28. The van der Waals surface area contributed by atoms with E-state index in [1.54, 1.807) is 18.5 Å². The van der Waals surface area contributed by atoms with Crippen LogP contribution in [0, 0.1) is 13.8 Å². The fraction of sp³-hybridized carbons (Fsp3) is 0.421. The molecule has 2 N–H and O–H groups in total. The summed E-state index contributed by atoms with van der Waals surface area (Å²) in [4.78, 5) is 25.1. The molecule has 0 bridgehead atoms. The van der Waals surface area contributed by atoms with E-state index in [9.17, 15) is 14.7 Å². The predicted octanol–water partition coefficient (Wildman–Crippen LogP) is 2.09. The second-order valence-electron chi connectivity index (χ2n) is 6.55. The van der Waals surface area contributed by atoms with E-state index in [1.807, 2.05) is 30.3 Å². The average Bonchev–Trinajstić information content (AvgIpc) is 2.91. The molecule has 0 saturated heterocycles. The van der Waals surface area contributed by atoms with Crippen molar-refractivity contribution < 1.29 is 14.7 Å². The molecule has 1 aliphatic carbocycles. The topological polar surface area (TPSA) is 84.2 Å². The van der Waals surface area contributed by atoms with Crippen LogP contribution in [0.2, 0.25) is 0 Å². The molecule has 1 fully saturated rings. The molecular formula is C19H23N3O3. The minimum atomic E-state index is -0.676. The first-order chi connectivity index (χ1) is 12.0. The number of hydrogen-bond donors (Lipinski definition) is 2. The number of ketones is 1. The summed E-state index contributed by atoms with van der Waals surface area (Å²) in [6.45, 7) is 3.51. The Bertz CT molecular complexity index is 783. The van der Waals surface area contributed by atoms with Crippen LogP contribution in [-0.2, 0) is 4.79 Å². The third kappa shape index (κ3) is 3.49. The van der Waals surface area contributed by atoms with Crippen molar-refractivity contribution in [3.8, 4) is 5.69 Å². The largest absolute Gasteiger partial charge is 0.391 e. The lowest BCUT2D eigenvalue weighted by atomic mass is 9.92. The van der Waals surface area contributed by atoms with Crippen molar-refractivity contribution in [2.45, 2.75) is 51.7 Å². The minimum absolute atomic E-state index is 0.326. The molecule has 132 valence electrons. The zero-order chi connectivity index (χ0) is 18.0. The minimum Gasteiger partial charge on any atom is -0.391 e. The fourth-order valence-electron chi connectivity index (χ4n) is 3.42. The predicted molar refractivity (Wildman–Crippen MR) is 93.8 cm³/mol. The average molecular weight is 341 g/mol. The second kappa shape index (κ2) is 7.19. The van der Waals surface area contributed by atoms with Gasteiger partial charge in [-0.1, -0.05) is 31.0 Å². The zero-order valence-electron chi connectivity index (χ0n) is 14.5. The summed E-state index contributed by atoms with van der Waals surface area (Å²) < 4.78 is 1.67. The van der Waals surface area contributed by atoms with Crippen molar-refractivity contribution in [2.24, 2.45) is 0 Å². The maximum Gasteiger partial charge on any atom is 0.292 e. The quantitative estimate of drug-likeness (QED) is 0.659. The Morgan fingerprint density at radius 1 is 1.16 bits per heavy atom. The number of Topliss-reactive ketones (excluding diaryl/α,β-unsaturated/α-hetero) is 1. The van der Waals surface area contributed by atoms with Gasteiger partial charge in [0.2, 0.25) is 0 Å². The van der Waals surface area contributed by atoms with Crippen LogP contribution in [0.15, 0.2) is 30.3 Å². The Balaban J connectivity index is 1.82. The zero-order valence-corrected chi connectivity index (χ0v) is 14.5. The Labute approximate surface area is 146 Å². The third-order valence-electron chi connectivity index (χ3n) is 4.77. The van der Waals surface area contributed by atoms with Gasteiger partial charge in [0.05, 0.1) is 34.8 Å². The number of rotatable bonds is 4. The number of aliphatic hydroxyl groups excluding tert-OH is 1. The molecule has 2 aromatic rings. The number of benzene rings is 1. The molecular weight excluding hydrogens is 318 g/mol. The number of carbonyl (C=O) groups excluding carboxylic acids is 2. The molecule has 1 heterocycles. The first-order valence-corrected chi connectivity index (χ1v) is 8.64. The SMILES string of the molecule is Cc1nn(-c2ccccc2)c(C)c1C(=O)C(=O)NC1CCCCC1O. The van der Waals surface area contributed by atoms with Crippen LogP contribution in [0.25, 0.3) is 5.69 Å². The summed E-state index contributed by atoms with van der Waals surface area (Å²) in [7, 11) is 0. The summed E-state index contributed by atoms with van der Waals surface area (Å²) >= 11 is 0. The van der Waals surface area contributed by atoms with Gasteiger partial charge in [0, 0.05) is 0 Å². The van der Waals surface area contributed by atoms with E-state index in [1.165, 1.54) is 0 Å². The molecule has 1 saturated carbocycles. The highest BCUT2D eigenvalue weighted by Crippen LogP contribution is 2.20. The van der Waals surface area contributed by atoms with E-state index >= 15 is 0 Å². The highest BCUT2D eigenvalue weighted by molar-refractivity contribution is 6.43. The highest BCUT2D eigenvalue weighted by Gasteiger charge is 2.30. The van der Waals surface area contributed by atoms with Crippen LogP contribution in [-0.4, -0.2) is 38.7 Å². The number of aliphatic hydroxyl groups is 1. The second-order valence-corrected chi connectivity index (χ2v) is 6.55. The van der Waals surface area contributed by atoms with E-state index in [-0.39, 0.29) is 6.04 Å². The van der Waals surface area contributed by atoms with Gasteiger partial charge in [-0.2, -0.15) is 5.10 Å². The molecule has 3 rings (SSSR count). The number of carbonyl (C=O) groups is 2. The van der Waals surface area contributed by atoms with Gasteiger partial charge in [-0.15, -0.1) is 0 Å². The number of hydrogen-bond acceptors (Lipinski definition) is 4. The Morgan fingerprint density at radius 2 is 1.84 bits per heavy atom. The molecule has 0 aliphatic heterocycles. The number of para-hydroxylation sites is 1. The van der Waals surface area contributed by atoms with Crippen molar-refractivity contribution in [2.75, 3.05) is 0 Å². The van der Waals surface area contributed by atoms with Gasteiger partial charge in [0.25, 0.3) is 11.7 Å². The summed E-state index contributed by atoms with van der Waals surface area (Å²) in [6, 6.07) is 9.13. The molecule has 1 aromatic heterocycles. The van der Waals surface area contributed by atoms with Crippen molar-refractivity contribution >= 4 is 11.7 Å². The summed E-state index contributed by atoms with van der Waals surface area (Å²) in [5.41, 5.74) is 2.32. The van der Waals surface area contributed by atoms with Gasteiger partial charge >= 0.3 is 0 Å². The number of nitrogens with one attached hydrogen (secondary N) is 1. The molecule has 1 amide bonds. The molecule has 25 heavy (non-hydrogen) atoms. The first-order valence-electron chi connectivity index (χ1n) is 8.64. The molecule has 0 spiro atoms. The van der Waals surface area contributed by atoms with E-state index in [2.05, 4.69) is 10.4 Å². The third-order valence-corrected chi connectivity index (χ3v) is 4.77. The van der Waals surface area contributed by atoms with E-state index in [4.69, 9.17) is 0 Å². The Hall–Kier alpha value is -2.47. The van der Waals surface area contributed by atoms with E-state index in [0.29, 0.717) is 29.8 Å². The maximum atomic E-state index is 12.7. The van der Waals surface area contributed by atoms with Crippen molar-refractivity contribution in [3.05, 3.63) is 47.3 Å². The van der Waals surface area contributed by atoms with Crippen molar-refractivity contribution in [1.29, 1.82) is 0 Å². The highest BCUT2D eigenvalue weighted by atomic mass is 16.3. The molecule has 2 unspecified atom stereocenters. The molecule has 1 aromatic carbocycles. The Kier molecular flexibility index (Phi) is 4.99. The van der Waals surface area contributed by atoms with Crippen molar-refractivity contribution in [3.63, 3.8) is 0 Å². The van der Waals surface area contributed by atoms with Gasteiger partial charge in [-0.05, 0) is 38.8 Å². The lowest BCUT2D eigenvalue weighted by molar-refractivity contribution is -0.118. The normalized spacial score (nSPS) is 20.3. The lowest BCUT2D eigenvalue weighted by Gasteiger charge is -2.28. The van der Waals surface area contributed by atoms with Crippen LogP contribution in [0.5, 0.6) is 0 Å². The number of aromatic nitrogens is 2. The summed E-state index contributed by atoms with van der Waals surface area (Å²) in [5, 5.41) is 17.1. The molecule has 2 atom stereocenters. The van der Waals surface area contributed by atoms with Crippen LogP contribution >= 0.6 is 0 Å². The number of aryl methyl sites for hydroxylation is 1. The lowest BCUT2D eigenvalue weighted by Crippen LogP contribution is -2.47. The van der Waals surface area contributed by atoms with Gasteiger partial charge in [0.1, 0.15) is 0 Å². The van der Waals surface area contributed by atoms with E-state index in [0.717, 1.165) is 18.5 Å².